The number of rotatable bonds is 2. The molecule has 16 heavy (non-hydrogen) atoms. The summed E-state index contributed by atoms with van der Waals surface area (Å²) in [5.74, 6) is -0.711. The van der Waals surface area contributed by atoms with Crippen LogP contribution < -0.4 is 0 Å². The Morgan fingerprint density at radius 3 is 1.81 bits per heavy atom. The number of aliphatic carboxylic acids is 1. The van der Waals surface area contributed by atoms with E-state index < -0.39 is 14.2 Å². The molecule has 0 bridgehead atoms. The summed E-state index contributed by atoms with van der Waals surface area (Å²) in [6.07, 6.45) is 1.02. The summed E-state index contributed by atoms with van der Waals surface area (Å²) in [7, 11) is -3.13. The first-order valence-corrected chi connectivity index (χ1v) is 6.01. The van der Waals surface area contributed by atoms with E-state index in [1.165, 1.54) is 11.1 Å². The number of hydrogen-bond acceptors (Lipinski definition) is 2. The average Bonchev–Trinajstić information content (AvgIpc) is 2.73. The van der Waals surface area contributed by atoms with E-state index in [0.717, 1.165) is 6.42 Å². The van der Waals surface area contributed by atoms with Gasteiger partial charge in [0.05, 0.1) is 0 Å². The number of carboxylic acid groups (broad SMARTS) is 1. The molecule has 0 aromatic carbocycles. The third kappa shape index (κ3) is 9.40. The lowest BCUT2D eigenvalue weighted by Crippen LogP contribution is -1.90. The normalized spacial score (nSPS) is 9.50. The molecule has 0 amide bonds. The highest BCUT2D eigenvalue weighted by atomic mass is 31.1. The maximum absolute atomic E-state index is 9.60. The molecular formula is C10H15O5P. The minimum absolute atomic E-state index is 0.292. The molecule has 2 aliphatic carbocycles. The molecule has 6 heteroatoms. The standard InChI is InChI=1S/C6H4.C4H8O2.H3O3P/c1-2-5-4-6(5)3-1;1-2-3-4(5)6;1-4(2)3/h1-4H;2-3H2,1H3,(H,5,6);4H,(H2,1,2,3). The molecule has 0 spiro atoms. The fourth-order valence-electron chi connectivity index (χ4n) is 0.889. The van der Waals surface area contributed by atoms with Crippen molar-refractivity contribution in [1.82, 2.24) is 0 Å². The Labute approximate surface area is 94.3 Å². The van der Waals surface area contributed by atoms with Gasteiger partial charge in [0.1, 0.15) is 0 Å². The molecule has 2 aliphatic rings. The highest BCUT2D eigenvalue weighted by molar-refractivity contribution is 7.30. The Bertz CT molecular complexity index is 343. The fourth-order valence-corrected chi connectivity index (χ4v) is 0.889. The van der Waals surface area contributed by atoms with Crippen LogP contribution in [-0.4, -0.2) is 20.9 Å². The smallest absolute Gasteiger partial charge is 0.314 e. The van der Waals surface area contributed by atoms with Crippen LogP contribution in [-0.2, 0) is 9.36 Å². The molecule has 90 valence electrons. The van der Waals surface area contributed by atoms with Crippen LogP contribution in [0.15, 0.2) is 24.3 Å². The van der Waals surface area contributed by atoms with E-state index >= 15 is 0 Å². The van der Waals surface area contributed by atoms with Gasteiger partial charge in [-0.25, -0.2) is 0 Å². The van der Waals surface area contributed by atoms with Crippen molar-refractivity contribution in [3.8, 4) is 11.1 Å². The van der Waals surface area contributed by atoms with E-state index in [9.17, 15) is 4.79 Å². The van der Waals surface area contributed by atoms with Crippen molar-refractivity contribution >= 4 is 14.2 Å². The summed E-state index contributed by atoms with van der Waals surface area (Å²) < 4.78 is 8.74. The second kappa shape index (κ2) is 8.05. The molecular weight excluding hydrogens is 231 g/mol. The summed E-state index contributed by atoms with van der Waals surface area (Å²) in [5.41, 5.74) is 2.85. The topological polar surface area (TPSA) is 94.8 Å². The molecule has 3 N–H and O–H groups in total. The van der Waals surface area contributed by atoms with E-state index in [2.05, 4.69) is 24.3 Å². The molecule has 0 aliphatic heterocycles. The van der Waals surface area contributed by atoms with Gasteiger partial charge in [0.25, 0.3) is 0 Å². The largest absolute Gasteiger partial charge is 0.481 e. The third-order valence-electron chi connectivity index (χ3n) is 1.58. The van der Waals surface area contributed by atoms with Gasteiger partial charge in [-0.1, -0.05) is 25.1 Å². The minimum atomic E-state index is -3.13. The summed E-state index contributed by atoms with van der Waals surface area (Å²) in [5, 5.41) is 7.91. The Kier molecular flexibility index (Phi) is 7.46. The van der Waals surface area contributed by atoms with Crippen LogP contribution in [0.5, 0.6) is 0 Å². The summed E-state index contributed by atoms with van der Waals surface area (Å²) >= 11 is 0. The van der Waals surface area contributed by atoms with E-state index in [1.807, 2.05) is 6.92 Å². The molecule has 0 heterocycles. The van der Waals surface area contributed by atoms with Gasteiger partial charge >= 0.3 is 14.2 Å². The maximum atomic E-state index is 9.60. The van der Waals surface area contributed by atoms with Crippen molar-refractivity contribution < 1.29 is 24.3 Å². The summed E-state index contributed by atoms with van der Waals surface area (Å²) in [4.78, 5) is 23.9. The van der Waals surface area contributed by atoms with Crippen LogP contribution in [0.25, 0.3) is 11.1 Å². The highest BCUT2D eigenvalue weighted by Gasteiger charge is 2.06. The average molecular weight is 246 g/mol. The van der Waals surface area contributed by atoms with Crippen molar-refractivity contribution in [2.75, 3.05) is 0 Å². The quantitative estimate of drug-likeness (QED) is 0.703. The zero-order valence-electron chi connectivity index (χ0n) is 8.88. The first kappa shape index (κ1) is 14.8. The second-order valence-corrected chi connectivity index (χ2v) is 3.57. The number of fused-ring (bicyclic) bond motifs is 1. The van der Waals surface area contributed by atoms with Crippen molar-refractivity contribution in [3.05, 3.63) is 24.3 Å². The predicted octanol–water partition coefficient (Wildman–Crippen LogP) is 1.90. The molecule has 0 unspecified atom stereocenters. The lowest BCUT2D eigenvalue weighted by molar-refractivity contribution is -0.137. The van der Waals surface area contributed by atoms with Crippen LogP contribution >= 0.6 is 8.25 Å². The number of hydrogen-bond donors (Lipinski definition) is 3. The Hall–Kier alpha value is -1.16. The van der Waals surface area contributed by atoms with Crippen LogP contribution in [0.3, 0.4) is 0 Å². The van der Waals surface area contributed by atoms with Gasteiger partial charge in [0, 0.05) is 6.42 Å². The van der Waals surface area contributed by atoms with Crippen LogP contribution in [0.1, 0.15) is 19.8 Å². The molecule has 0 radical (unpaired) electrons. The SMILES string of the molecule is CCCC(=O)O.O=[PH](O)O.c1cc2cc-2c1. The lowest BCUT2D eigenvalue weighted by Gasteiger charge is -1.79. The molecule has 2 rings (SSSR count). The van der Waals surface area contributed by atoms with Crippen molar-refractivity contribution in [2.24, 2.45) is 0 Å². The van der Waals surface area contributed by atoms with Crippen LogP contribution in [0, 0.1) is 0 Å². The first-order chi connectivity index (χ1) is 7.47. The van der Waals surface area contributed by atoms with Crippen molar-refractivity contribution in [2.45, 2.75) is 19.8 Å². The van der Waals surface area contributed by atoms with Gasteiger partial charge in [-0.2, -0.15) is 0 Å². The number of benzene rings is 1. The minimum Gasteiger partial charge on any atom is -0.481 e. The fraction of sp³-hybridized carbons (Fsp3) is 0.300. The van der Waals surface area contributed by atoms with Crippen molar-refractivity contribution in [3.63, 3.8) is 0 Å². The van der Waals surface area contributed by atoms with Gasteiger partial charge in [0.2, 0.25) is 0 Å². The van der Waals surface area contributed by atoms with Gasteiger partial charge < -0.3 is 14.9 Å². The lowest BCUT2D eigenvalue weighted by atomic mass is 10.4. The molecule has 0 saturated heterocycles. The summed E-state index contributed by atoms with van der Waals surface area (Å²) in [6, 6.07) is 8.48. The molecule has 0 aromatic rings. The van der Waals surface area contributed by atoms with E-state index in [4.69, 9.17) is 19.5 Å². The molecule has 0 fully saturated rings. The Morgan fingerprint density at radius 2 is 1.75 bits per heavy atom. The van der Waals surface area contributed by atoms with Crippen LogP contribution in [0.2, 0.25) is 0 Å². The molecule has 0 aromatic heterocycles. The number of carboxylic acids is 1. The van der Waals surface area contributed by atoms with Crippen LogP contribution in [0.4, 0.5) is 0 Å². The monoisotopic (exact) mass is 246 g/mol. The zero-order chi connectivity index (χ0) is 12.6. The molecule has 5 nitrogen and oxygen atoms in total. The zero-order valence-corrected chi connectivity index (χ0v) is 9.88. The van der Waals surface area contributed by atoms with Crippen molar-refractivity contribution in [1.29, 1.82) is 0 Å². The second-order valence-electron chi connectivity index (χ2n) is 3.01. The third-order valence-corrected chi connectivity index (χ3v) is 1.58. The van der Waals surface area contributed by atoms with E-state index in [1.54, 1.807) is 0 Å². The van der Waals surface area contributed by atoms with E-state index in [-0.39, 0.29) is 0 Å². The first-order valence-electron chi connectivity index (χ1n) is 4.71. The molecule has 0 saturated carbocycles. The van der Waals surface area contributed by atoms with Gasteiger partial charge in [-0.05, 0) is 23.6 Å². The predicted molar refractivity (Wildman–Crippen MR) is 61.4 cm³/mol. The van der Waals surface area contributed by atoms with E-state index in [0.29, 0.717) is 6.42 Å². The maximum Gasteiger partial charge on any atom is 0.314 e. The van der Waals surface area contributed by atoms with Gasteiger partial charge in [-0.3, -0.25) is 9.36 Å². The number of carbonyl (C=O) groups is 1. The Morgan fingerprint density at radius 1 is 1.31 bits per heavy atom. The van der Waals surface area contributed by atoms with Gasteiger partial charge in [-0.15, -0.1) is 0 Å². The summed E-state index contributed by atoms with van der Waals surface area (Å²) in [6.45, 7) is 1.84. The molecule has 0 atom stereocenters. The Balaban J connectivity index is 0.000000217. The highest BCUT2D eigenvalue weighted by Crippen LogP contribution is 2.32. The van der Waals surface area contributed by atoms with Gasteiger partial charge in [0.15, 0.2) is 0 Å².